The molecule has 1 aromatic carbocycles. The number of hydrogen-bond acceptors (Lipinski definition) is 2. The van der Waals surface area contributed by atoms with Gasteiger partial charge >= 0.3 is 0 Å². The first-order valence-electron chi connectivity index (χ1n) is 6.86. The maximum atomic E-state index is 6.15. The molecule has 1 nitrogen and oxygen atoms in total. The summed E-state index contributed by atoms with van der Waals surface area (Å²) in [4.78, 5) is 0. The number of halogens is 3. The molecule has 0 saturated heterocycles. The van der Waals surface area contributed by atoms with Crippen LogP contribution >= 0.6 is 47.4 Å². The second-order valence-corrected chi connectivity index (χ2v) is 6.71. The highest BCUT2D eigenvalue weighted by atomic mass is 35.5. The van der Waals surface area contributed by atoms with Crippen molar-refractivity contribution in [2.24, 2.45) is 5.41 Å². The topological polar surface area (TPSA) is 9.23 Å². The third-order valence-corrected chi connectivity index (χ3v) is 4.83. The van der Waals surface area contributed by atoms with E-state index >= 15 is 0 Å². The maximum Gasteiger partial charge on any atom is 0.156 e. The fourth-order valence-electron chi connectivity index (χ4n) is 2.43. The Morgan fingerprint density at radius 2 is 1.55 bits per heavy atom. The molecule has 0 bridgehead atoms. The van der Waals surface area contributed by atoms with Gasteiger partial charge in [-0.15, -0.1) is 0 Å². The van der Waals surface area contributed by atoms with Gasteiger partial charge in [-0.3, -0.25) is 0 Å². The minimum absolute atomic E-state index is 0.0684. The highest BCUT2D eigenvalue weighted by Crippen LogP contribution is 2.38. The zero-order chi connectivity index (χ0) is 15.2. The summed E-state index contributed by atoms with van der Waals surface area (Å²) in [6, 6.07) is 3.29. The Morgan fingerprint density at radius 1 is 1.05 bits per heavy atom. The van der Waals surface area contributed by atoms with E-state index in [1.807, 2.05) is 0 Å². The van der Waals surface area contributed by atoms with Crippen molar-refractivity contribution in [2.75, 3.05) is 12.4 Å². The van der Waals surface area contributed by atoms with Crippen LogP contribution in [0.25, 0.3) is 0 Å². The summed E-state index contributed by atoms with van der Waals surface area (Å²) in [7, 11) is 0. The molecule has 20 heavy (non-hydrogen) atoms. The van der Waals surface area contributed by atoms with E-state index in [1.165, 1.54) is 0 Å². The molecule has 0 saturated carbocycles. The van der Waals surface area contributed by atoms with E-state index in [-0.39, 0.29) is 5.41 Å². The van der Waals surface area contributed by atoms with Crippen LogP contribution in [0.2, 0.25) is 15.1 Å². The molecule has 0 aliphatic heterocycles. The zero-order valence-corrected chi connectivity index (χ0v) is 15.0. The molecule has 0 radical (unpaired) electrons. The molecule has 0 heterocycles. The van der Waals surface area contributed by atoms with Crippen molar-refractivity contribution in [3.63, 3.8) is 0 Å². The van der Waals surface area contributed by atoms with Gasteiger partial charge in [0.25, 0.3) is 0 Å². The van der Waals surface area contributed by atoms with Crippen LogP contribution in [0.4, 0.5) is 0 Å². The standard InChI is InChI=1S/C15H21Cl3OS/c1-3-5-15(10-20,6-4-2)9-19-14-12(17)7-11(16)8-13(14)18/h7-8,20H,3-6,9-10H2,1-2H3. The Kier molecular flexibility index (Phi) is 7.89. The van der Waals surface area contributed by atoms with Crippen LogP contribution in [0.5, 0.6) is 5.75 Å². The van der Waals surface area contributed by atoms with Crippen molar-refractivity contribution >= 4 is 47.4 Å². The van der Waals surface area contributed by atoms with Crippen molar-refractivity contribution < 1.29 is 4.74 Å². The first-order valence-corrected chi connectivity index (χ1v) is 8.63. The van der Waals surface area contributed by atoms with Crippen molar-refractivity contribution in [3.05, 3.63) is 27.2 Å². The van der Waals surface area contributed by atoms with E-state index in [4.69, 9.17) is 39.5 Å². The average molecular weight is 356 g/mol. The van der Waals surface area contributed by atoms with Crippen molar-refractivity contribution in [2.45, 2.75) is 39.5 Å². The minimum atomic E-state index is 0.0684. The van der Waals surface area contributed by atoms with Crippen LogP contribution < -0.4 is 4.74 Å². The van der Waals surface area contributed by atoms with Crippen molar-refractivity contribution in [1.29, 1.82) is 0 Å². The Balaban J connectivity index is 2.87. The van der Waals surface area contributed by atoms with E-state index in [2.05, 4.69) is 26.5 Å². The quantitative estimate of drug-likeness (QED) is 0.521. The van der Waals surface area contributed by atoms with E-state index in [9.17, 15) is 0 Å². The molecule has 0 aromatic heterocycles. The number of thiol groups is 1. The molecule has 0 atom stereocenters. The van der Waals surface area contributed by atoms with Gasteiger partial charge in [0.1, 0.15) is 0 Å². The predicted octanol–water partition coefficient (Wildman–Crippen LogP) is 6.54. The second-order valence-electron chi connectivity index (χ2n) is 5.15. The maximum absolute atomic E-state index is 6.15. The van der Waals surface area contributed by atoms with Gasteiger partial charge in [-0.1, -0.05) is 61.5 Å². The number of hydrogen-bond donors (Lipinski definition) is 1. The van der Waals surface area contributed by atoms with E-state index in [0.29, 0.717) is 27.4 Å². The molecular formula is C15H21Cl3OS. The lowest BCUT2D eigenvalue weighted by atomic mass is 9.82. The van der Waals surface area contributed by atoms with Gasteiger partial charge in [-0.05, 0) is 30.7 Å². The molecule has 0 spiro atoms. The van der Waals surface area contributed by atoms with E-state index in [0.717, 1.165) is 31.4 Å². The molecule has 0 aliphatic carbocycles. The number of benzene rings is 1. The summed E-state index contributed by atoms with van der Waals surface area (Å²) in [5, 5.41) is 1.40. The fourth-order valence-corrected chi connectivity index (χ4v) is 3.76. The second kappa shape index (κ2) is 8.63. The smallest absolute Gasteiger partial charge is 0.156 e. The molecule has 0 aliphatic rings. The van der Waals surface area contributed by atoms with Gasteiger partial charge in [0.2, 0.25) is 0 Å². The normalized spacial score (nSPS) is 11.7. The largest absolute Gasteiger partial charge is 0.490 e. The van der Waals surface area contributed by atoms with Crippen LogP contribution in [0, 0.1) is 5.41 Å². The SMILES string of the molecule is CCCC(CS)(CCC)COc1c(Cl)cc(Cl)cc1Cl. The zero-order valence-electron chi connectivity index (χ0n) is 11.9. The highest BCUT2D eigenvalue weighted by Gasteiger charge is 2.28. The monoisotopic (exact) mass is 354 g/mol. The Hall–Kier alpha value is 0.240. The predicted molar refractivity (Wildman–Crippen MR) is 93.1 cm³/mol. The van der Waals surface area contributed by atoms with Crippen LogP contribution in [0.15, 0.2) is 12.1 Å². The fraction of sp³-hybridized carbons (Fsp3) is 0.600. The molecular weight excluding hydrogens is 335 g/mol. The van der Waals surface area contributed by atoms with Gasteiger partial charge in [0, 0.05) is 10.4 Å². The molecule has 0 N–H and O–H groups in total. The van der Waals surface area contributed by atoms with Gasteiger partial charge < -0.3 is 4.74 Å². The molecule has 1 rings (SSSR count). The van der Waals surface area contributed by atoms with Crippen LogP contribution in [-0.4, -0.2) is 12.4 Å². The van der Waals surface area contributed by atoms with E-state index in [1.54, 1.807) is 12.1 Å². The Morgan fingerprint density at radius 3 is 1.95 bits per heavy atom. The third kappa shape index (κ3) is 4.91. The van der Waals surface area contributed by atoms with Gasteiger partial charge in [-0.25, -0.2) is 0 Å². The van der Waals surface area contributed by atoms with Gasteiger partial charge in [0.05, 0.1) is 16.7 Å². The average Bonchev–Trinajstić information content (AvgIpc) is 2.37. The van der Waals surface area contributed by atoms with Crippen LogP contribution in [-0.2, 0) is 0 Å². The van der Waals surface area contributed by atoms with Gasteiger partial charge in [-0.2, -0.15) is 12.6 Å². The molecule has 1 aromatic rings. The summed E-state index contributed by atoms with van der Waals surface area (Å²) < 4.78 is 5.91. The molecule has 0 amide bonds. The minimum Gasteiger partial charge on any atom is -0.490 e. The molecule has 114 valence electrons. The highest BCUT2D eigenvalue weighted by molar-refractivity contribution is 7.80. The third-order valence-electron chi connectivity index (χ3n) is 3.38. The van der Waals surface area contributed by atoms with E-state index < -0.39 is 0 Å². The van der Waals surface area contributed by atoms with Gasteiger partial charge in [0.15, 0.2) is 5.75 Å². The molecule has 0 fully saturated rings. The first kappa shape index (κ1) is 18.3. The molecule has 5 heteroatoms. The van der Waals surface area contributed by atoms with Crippen LogP contribution in [0.3, 0.4) is 0 Å². The summed E-state index contributed by atoms with van der Waals surface area (Å²) in [5.74, 6) is 1.30. The van der Waals surface area contributed by atoms with Crippen LogP contribution in [0.1, 0.15) is 39.5 Å². The number of rotatable bonds is 8. The Labute approximate surface area is 142 Å². The lowest BCUT2D eigenvalue weighted by molar-refractivity contribution is 0.144. The summed E-state index contributed by atoms with van der Waals surface area (Å²) in [6.07, 6.45) is 4.36. The van der Waals surface area contributed by atoms with Crippen molar-refractivity contribution in [3.8, 4) is 5.75 Å². The lowest BCUT2D eigenvalue weighted by Crippen LogP contribution is -2.30. The summed E-state index contributed by atoms with van der Waals surface area (Å²) in [5.41, 5.74) is 0.0684. The Bertz CT molecular complexity index is 408. The lowest BCUT2D eigenvalue weighted by Gasteiger charge is -2.32. The molecule has 0 unspecified atom stereocenters. The summed E-state index contributed by atoms with van der Waals surface area (Å²) >= 11 is 22.7. The van der Waals surface area contributed by atoms with Crippen molar-refractivity contribution in [1.82, 2.24) is 0 Å². The summed E-state index contributed by atoms with van der Waals surface area (Å²) in [6.45, 7) is 4.92. The first-order chi connectivity index (χ1) is 9.48. The number of ether oxygens (including phenoxy) is 1.